The van der Waals surface area contributed by atoms with Crippen LogP contribution in [0.5, 0.6) is 0 Å². The monoisotopic (exact) mass is 295 g/mol. The van der Waals surface area contributed by atoms with Crippen LogP contribution in [-0.2, 0) is 10.8 Å². The molecule has 0 saturated carbocycles. The van der Waals surface area contributed by atoms with Gasteiger partial charge in [0.1, 0.15) is 11.6 Å². The number of nitrogens with two attached hydrogens (primary N) is 1. The molecule has 2 aromatic rings. The van der Waals surface area contributed by atoms with E-state index in [9.17, 15) is 13.0 Å². The Morgan fingerprint density at radius 2 is 1.80 bits per heavy atom. The second-order valence-corrected chi connectivity index (χ2v) is 5.95. The summed E-state index contributed by atoms with van der Waals surface area (Å²) >= 11 is 0. The summed E-state index contributed by atoms with van der Waals surface area (Å²) in [5, 5.41) is -0.447. The molecule has 5 heteroatoms. The van der Waals surface area contributed by atoms with Crippen LogP contribution in [0, 0.1) is 11.6 Å². The van der Waals surface area contributed by atoms with Gasteiger partial charge in [0.2, 0.25) is 0 Å². The lowest BCUT2D eigenvalue weighted by Crippen LogP contribution is -2.13. The minimum atomic E-state index is -1.69. The van der Waals surface area contributed by atoms with Crippen molar-refractivity contribution >= 4 is 10.8 Å². The zero-order chi connectivity index (χ0) is 14.5. The van der Waals surface area contributed by atoms with Gasteiger partial charge >= 0.3 is 0 Å². The normalized spacial score (nSPS) is 13.9. The fraction of sp³-hybridized carbons (Fsp3) is 0.200. The van der Waals surface area contributed by atoms with Gasteiger partial charge < -0.3 is 5.73 Å². The van der Waals surface area contributed by atoms with Gasteiger partial charge in [-0.25, -0.2) is 8.78 Å². The second kappa shape index (κ2) is 6.72. The summed E-state index contributed by atoms with van der Waals surface area (Å²) < 4.78 is 39.5. The van der Waals surface area contributed by atoms with Gasteiger partial charge in [-0.2, -0.15) is 0 Å². The van der Waals surface area contributed by atoms with Crippen molar-refractivity contribution in [3.8, 4) is 0 Å². The molecule has 0 amide bonds. The lowest BCUT2D eigenvalue weighted by molar-refractivity contribution is 0.569. The molecule has 0 spiro atoms. The summed E-state index contributed by atoms with van der Waals surface area (Å²) in [6, 6.07) is 12.1. The Kier molecular flexibility index (Phi) is 4.98. The van der Waals surface area contributed by atoms with Crippen molar-refractivity contribution < 1.29 is 13.0 Å². The Morgan fingerprint density at radius 1 is 1.10 bits per heavy atom. The predicted molar refractivity (Wildman–Crippen MR) is 75.6 cm³/mol. The molecule has 0 fully saturated rings. The standard InChI is InChI=1S/C15H15F2NOS/c16-12-6-7-13(17)15(10-12)20(19)14(8-9-18)11-4-2-1-3-5-11/h1-7,10,14H,8-9,18H2. The van der Waals surface area contributed by atoms with E-state index in [1.54, 1.807) is 0 Å². The number of rotatable bonds is 5. The van der Waals surface area contributed by atoms with Gasteiger partial charge in [-0.3, -0.25) is 4.21 Å². The van der Waals surface area contributed by atoms with E-state index in [0.717, 1.165) is 23.8 Å². The first-order valence-electron chi connectivity index (χ1n) is 6.24. The van der Waals surface area contributed by atoms with Gasteiger partial charge in [0.25, 0.3) is 0 Å². The molecule has 106 valence electrons. The molecule has 0 aromatic heterocycles. The van der Waals surface area contributed by atoms with Crippen molar-refractivity contribution in [3.63, 3.8) is 0 Å². The third kappa shape index (κ3) is 3.29. The van der Waals surface area contributed by atoms with Gasteiger partial charge in [0.15, 0.2) is 0 Å². The van der Waals surface area contributed by atoms with Crippen LogP contribution in [0.3, 0.4) is 0 Å². The van der Waals surface area contributed by atoms with Crippen molar-refractivity contribution in [2.45, 2.75) is 16.6 Å². The highest BCUT2D eigenvalue weighted by Gasteiger charge is 2.22. The molecule has 2 aromatic carbocycles. The Hall–Kier alpha value is -1.59. The average molecular weight is 295 g/mol. The molecular formula is C15H15F2NOS. The maximum atomic E-state index is 13.7. The van der Waals surface area contributed by atoms with Gasteiger partial charge in [-0.05, 0) is 36.7 Å². The molecule has 2 nitrogen and oxygen atoms in total. The first-order chi connectivity index (χ1) is 9.63. The van der Waals surface area contributed by atoms with Crippen LogP contribution in [0.4, 0.5) is 8.78 Å². The van der Waals surface area contributed by atoms with Gasteiger partial charge in [0.05, 0.1) is 20.9 Å². The Morgan fingerprint density at radius 3 is 2.45 bits per heavy atom. The minimum absolute atomic E-state index is 0.118. The van der Waals surface area contributed by atoms with Crippen molar-refractivity contribution in [1.82, 2.24) is 0 Å². The maximum absolute atomic E-state index is 13.7. The van der Waals surface area contributed by atoms with Crippen LogP contribution in [0.1, 0.15) is 17.2 Å². The summed E-state index contributed by atoms with van der Waals surface area (Å²) in [4.78, 5) is -0.118. The summed E-state index contributed by atoms with van der Waals surface area (Å²) in [6.45, 7) is 0.322. The summed E-state index contributed by atoms with van der Waals surface area (Å²) in [5.41, 5.74) is 6.35. The molecule has 0 bridgehead atoms. The first kappa shape index (κ1) is 14.8. The number of benzene rings is 2. The molecule has 20 heavy (non-hydrogen) atoms. The molecule has 0 heterocycles. The quantitative estimate of drug-likeness (QED) is 0.920. The van der Waals surface area contributed by atoms with Crippen LogP contribution in [0.25, 0.3) is 0 Å². The minimum Gasteiger partial charge on any atom is -0.330 e. The molecule has 2 atom stereocenters. The highest BCUT2D eigenvalue weighted by Crippen LogP contribution is 2.29. The van der Waals surface area contributed by atoms with E-state index in [4.69, 9.17) is 5.73 Å². The smallest absolute Gasteiger partial charge is 0.139 e. The SMILES string of the molecule is NCCC(c1ccccc1)S(=O)c1cc(F)ccc1F. The molecular weight excluding hydrogens is 280 g/mol. The third-order valence-electron chi connectivity index (χ3n) is 2.97. The van der Waals surface area contributed by atoms with Crippen molar-refractivity contribution in [1.29, 1.82) is 0 Å². The van der Waals surface area contributed by atoms with E-state index in [2.05, 4.69) is 0 Å². The highest BCUT2D eigenvalue weighted by atomic mass is 32.2. The second-order valence-electron chi connectivity index (χ2n) is 4.35. The molecule has 0 aliphatic heterocycles. The predicted octanol–water partition coefficient (Wildman–Crippen LogP) is 3.16. The summed E-state index contributed by atoms with van der Waals surface area (Å²) in [7, 11) is -1.69. The number of halogens is 2. The van der Waals surface area contributed by atoms with Gasteiger partial charge in [-0.1, -0.05) is 30.3 Å². The molecule has 2 rings (SSSR count). The average Bonchev–Trinajstić information content (AvgIpc) is 2.47. The molecule has 2 unspecified atom stereocenters. The Bertz CT molecular complexity index is 604. The zero-order valence-electron chi connectivity index (χ0n) is 10.8. The zero-order valence-corrected chi connectivity index (χ0v) is 11.6. The molecule has 2 N–H and O–H groups in total. The van der Waals surface area contributed by atoms with E-state index in [-0.39, 0.29) is 4.90 Å². The van der Waals surface area contributed by atoms with Crippen LogP contribution in [0.2, 0.25) is 0 Å². The third-order valence-corrected chi connectivity index (χ3v) is 4.74. The number of hydrogen-bond donors (Lipinski definition) is 1. The molecule has 0 radical (unpaired) electrons. The van der Waals surface area contributed by atoms with Crippen molar-refractivity contribution in [2.75, 3.05) is 6.54 Å². The van der Waals surface area contributed by atoms with Crippen LogP contribution in [-0.4, -0.2) is 10.8 Å². The molecule has 0 aliphatic carbocycles. The van der Waals surface area contributed by atoms with E-state index in [1.807, 2.05) is 30.3 Å². The van der Waals surface area contributed by atoms with Crippen LogP contribution >= 0.6 is 0 Å². The first-order valence-corrected chi connectivity index (χ1v) is 7.45. The van der Waals surface area contributed by atoms with E-state index < -0.39 is 27.7 Å². The fourth-order valence-electron chi connectivity index (χ4n) is 2.00. The summed E-state index contributed by atoms with van der Waals surface area (Å²) in [5.74, 6) is -1.27. The highest BCUT2D eigenvalue weighted by molar-refractivity contribution is 7.85. The maximum Gasteiger partial charge on any atom is 0.139 e. The fourth-order valence-corrected chi connectivity index (χ4v) is 3.55. The van der Waals surface area contributed by atoms with Crippen molar-refractivity contribution in [2.24, 2.45) is 5.73 Å². The topological polar surface area (TPSA) is 43.1 Å². The van der Waals surface area contributed by atoms with Gasteiger partial charge in [0, 0.05) is 0 Å². The molecule has 0 aliphatic rings. The van der Waals surface area contributed by atoms with Gasteiger partial charge in [-0.15, -0.1) is 0 Å². The van der Waals surface area contributed by atoms with Crippen molar-refractivity contribution in [3.05, 3.63) is 65.7 Å². The van der Waals surface area contributed by atoms with E-state index in [0.29, 0.717) is 13.0 Å². The van der Waals surface area contributed by atoms with Crippen LogP contribution < -0.4 is 5.73 Å². The lowest BCUT2D eigenvalue weighted by Gasteiger charge is -2.16. The lowest BCUT2D eigenvalue weighted by atomic mass is 10.1. The molecule has 0 saturated heterocycles. The largest absolute Gasteiger partial charge is 0.330 e. The summed E-state index contributed by atoms with van der Waals surface area (Å²) in [6.07, 6.45) is 0.437. The van der Waals surface area contributed by atoms with Crippen LogP contribution in [0.15, 0.2) is 53.4 Å². The Labute approximate surface area is 119 Å². The van der Waals surface area contributed by atoms with E-state index >= 15 is 0 Å². The van der Waals surface area contributed by atoms with E-state index in [1.165, 1.54) is 0 Å². The number of hydrogen-bond acceptors (Lipinski definition) is 2. The Balaban J connectivity index is 2.39.